The summed E-state index contributed by atoms with van der Waals surface area (Å²) in [5.41, 5.74) is 4.08. The van der Waals surface area contributed by atoms with E-state index in [0.29, 0.717) is 17.2 Å². The molecular weight excluding hydrogens is 444 g/mol. The number of amides is 1. The molecule has 9 heteroatoms. The van der Waals surface area contributed by atoms with Crippen molar-refractivity contribution in [1.82, 2.24) is 24.5 Å². The minimum atomic E-state index is -0.639. The van der Waals surface area contributed by atoms with Gasteiger partial charge in [-0.05, 0) is 25.1 Å². The molecule has 0 atom stereocenters. The van der Waals surface area contributed by atoms with Crippen LogP contribution in [-0.4, -0.2) is 43.0 Å². The van der Waals surface area contributed by atoms with Crippen molar-refractivity contribution in [1.29, 1.82) is 0 Å². The number of nitrogens with zero attached hydrogens (tertiary/aromatic N) is 5. The molecule has 1 N–H and O–H groups in total. The number of aryl methyl sites for hydroxylation is 2. The van der Waals surface area contributed by atoms with Crippen LogP contribution in [0.1, 0.15) is 16.1 Å². The Hall–Kier alpha value is -4.79. The quantitative estimate of drug-likeness (QED) is 0.381. The van der Waals surface area contributed by atoms with Gasteiger partial charge in [-0.2, -0.15) is 10.2 Å². The predicted octanol–water partition coefficient (Wildman–Crippen LogP) is 3.92. The topological polar surface area (TPSA) is 104 Å². The lowest BCUT2D eigenvalue weighted by molar-refractivity contribution is -0.119. The molecule has 5 rings (SSSR count). The van der Waals surface area contributed by atoms with E-state index in [2.05, 4.69) is 20.5 Å². The second kappa shape index (κ2) is 9.22. The van der Waals surface area contributed by atoms with E-state index in [0.717, 1.165) is 22.3 Å². The zero-order chi connectivity index (χ0) is 24.4. The molecule has 174 valence electrons. The van der Waals surface area contributed by atoms with Gasteiger partial charge in [0.1, 0.15) is 5.82 Å². The smallest absolute Gasteiger partial charge is 0.340 e. The van der Waals surface area contributed by atoms with Gasteiger partial charge in [0.05, 0.1) is 22.6 Å². The fourth-order valence-electron chi connectivity index (χ4n) is 3.80. The van der Waals surface area contributed by atoms with Crippen molar-refractivity contribution in [2.45, 2.75) is 6.92 Å². The number of ether oxygens (including phenoxy) is 1. The average molecular weight is 467 g/mol. The third-order valence-corrected chi connectivity index (χ3v) is 5.48. The molecule has 0 saturated heterocycles. The molecule has 0 aliphatic heterocycles. The van der Waals surface area contributed by atoms with E-state index in [4.69, 9.17) is 4.74 Å². The molecule has 0 fully saturated rings. The Bertz CT molecular complexity index is 1520. The minimum absolute atomic E-state index is 0.252. The van der Waals surface area contributed by atoms with Crippen LogP contribution < -0.4 is 5.32 Å². The number of hydrogen-bond donors (Lipinski definition) is 1. The van der Waals surface area contributed by atoms with Gasteiger partial charge < -0.3 is 10.1 Å². The second-order valence-electron chi connectivity index (χ2n) is 7.96. The number of benzene rings is 2. The SMILES string of the molecule is Cc1nn(C)c2ncc(C(=O)OCC(=O)Nc3cc(-c4ccccc4)nn3-c3ccccc3)cc12. The summed E-state index contributed by atoms with van der Waals surface area (Å²) < 4.78 is 8.54. The first kappa shape index (κ1) is 22.0. The zero-order valence-electron chi connectivity index (χ0n) is 19.2. The van der Waals surface area contributed by atoms with Gasteiger partial charge in [0.25, 0.3) is 5.91 Å². The largest absolute Gasteiger partial charge is 0.452 e. The molecule has 0 unspecified atom stereocenters. The Morgan fingerprint density at radius 1 is 0.971 bits per heavy atom. The number of aromatic nitrogens is 5. The molecule has 0 saturated carbocycles. The Balaban J connectivity index is 1.32. The van der Waals surface area contributed by atoms with Crippen molar-refractivity contribution in [3.05, 3.63) is 90.3 Å². The number of anilines is 1. The van der Waals surface area contributed by atoms with Crippen LogP contribution in [0.4, 0.5) is 5.82 Å². The van der Waals surface area contributed by atoms with E-state index in [1.807, 2.05) is 67.6 Å². The van der Waals surface area contributed by atoms with Gasteiger partial charge in [-0.3, -0.25) is 9.48 Å². The van der Waals surface area contributed by atoms with Crippen LogP contribution in [0.5, 0.6) is 0 Å². The Kier molecular flexibility index (Phi) is 5.80. The molecule has 2 aromatic carbocycles. The summed E-state index contributed by atoms with van der Waals surface area (Å²) in [6.45, 7) is 1.38. The molecule has 9 nitrogen and oxygen atoms in total. The van der Waals surface area contributed by atoms with E-state index in [1.165, 1.54) is 6.20 Å². The number of esters is 1. The van der Waals surface area contributed by atoms with E-state index < -0.39 is 18.5 Å². The number of carbonyl (C=O) groups is 2. The summed E-state index contributed by atoms with van der Waals surface area (Å²) in [6.07, 6.45) is 1.42. The molecule has 3 aromatic heterocycles. The van der Waals surface area contributed by atoms with Crippen molar-refractivity contribution in [2.24, 2.45) is 7.05 Å². The highest BCUT2D eigenvalue weighted by Gasteiger charge is 2.17. The van der Waals surface area contributed by atoms with Gasteiger partial charge in [0.2, 0.25) is 0 Å². The van der Waals surface area contributed by atoms with Crippen molar-refractivity contribution in [3.8, 4) is 16.9 Å². The van der Waals surface area contributed by atoms with Gasteiger partial charge in [0.15, 0.2) is 12.3 Å². The maximum absolute atomic E-state index is 12.7. The van der Waals surface area contributed by atoms with Crippen LogP contribution in [-0.2, 0) is 16.6 Å². The van der Waals surface area contributed by atoms with Crippen LogP contribution in [0.3, 0.4) is 0 Å². The van der Waals surface area contributed by atoms with Crippen molar-refractivity contribution in [2.75, 3.05) is 11.9 Å². The highest BCUT2D eigenvalue weighted by molar-refractivity contribution is 5.97. The van der Waals surface area contributed by atoms with Gasteiger partial charge in [-0.25, -0.2) is 14.5 Å². The third kappa shape index (κ3) is 4.51. The first-order valence-electron chi connectivity index (χ1n) is 11.0. The molecule has 0 aliphatic carbocycles. The predicted molar refractivity (Wildman–Crippen MR) is 131 cm³/mol. The normalized spacial score (nSPS) is 10.9. The molecule has 0 spiro atoms. The third-order valence-electron chi connectivity index (χ3n) is 5.48. The maximum atomic E-state index is 12.7. The Morgan fingerprint density at radius 3 is 2.43 bits per heavy atom. The first-order valence-corrected chi connectivity index (χ1v) is 11.0. The molecule has 3 heterocycles. The summed E-state index contributed by atoms with van der Waals surface area (Å²) >= 11 is 0. The number of hydrogen-bond acceptors (Lipinski definition) is 6. The second-order valence-corrected chi connectivity index (χ2v) is 7.96. The van der Waals surface area contributed by atoms with Crippen molar-refractivity contribution >= 4 is 28.7 Å². The average Bonchev–Trinajstić information content (AvgIpc) is 3.43. The molecule has 35 heavy (non-hydrogen) atoms. The van der Waals surface area contributed by atoms with Gasteiger partial charge in [-0.1, -0.05) is 48.5 Å². The van der Waals surface area contributed by atoms with Crippen LogP contribution in [0.25, 0.3) is 28.0 Å². The van der Waals surface area contributed by atoms with E-state index in [9.17, 15) is 9.59 Å². The monoisotopic (exact) mass is 466 g/mol. The number of para-hydroxylation sites is 1. The number of carbonyl (C=O) groups excluding carboxylic acids is 2. The van der Waals surface area contributed by atoms with Gasteiger partial charge in [-0.15, -0.1) is 0 Å². The molecule has 0 aliphatic rings. The van der Waals surface area contributed by atoms with Gasteiger partial charge >= 0.3 is 5.97 Å². The Labute approximate surface area is 201 Å². The molecule has 1 amide bonds. The highest BCUT2D eigenvalue weighted by Crippen LogP contribution is 2.24. The summed E-state index contributed by atoms with van der Waals surface area (Å²) in [7, 11) is 1.79. The summed E-state index contributed by atoms with van der Waals surface area (Å²) in [6, 6.07) is 22.6. The maximum Gasteiger partial charge on any atom is 0.340 e. The van der Waals surface area contributed by atoms with E-state index >= 15 is 0 Å². The van der Waals surface area contributed by atoms with Crippen LogP contribution >= 0.6 is 0 Å². The van der Waals surface area contributed by atoms with Crippen LogP contribution in [0, 0.1) is 6.92 Å². The van der Waals surface area contributed by atoms with Crippen LogP contribution in [0.2, 0.25) is 0 Å². The summed E-state index contributed by atoms with van der Waals surface area (Å²) in [5.74, 6) is -0.661. The lowest BCUT2D eigenvalue weighted by Gasteiger charge is -2.09. The van der Waals surface area contributed by atoms with E-state index in [-0.39, 0.29) is 5.56 Å². The number of rotatable bonds is 6. The number of fused-ring (bicyclic) bond motifs is 1. The van der Waals surface area contributed by atoms with Crippen LogP contribution in [0.15, 0.2) is 79.0 Å². The lowest BCUT2D eigenvalue weighted by atomic mass is 10.2. The molecular formula is C26H22N6O3. The fourth-order valence-corrected chi connectivity index (χ4v) is 3.80. The summed E-state index contributed by atoms with van der Waals surface area (Å²) in [4.78, 5) is 29.5. The minimum Gasteiger partial charge on any atom is -0.452 e. The number of nitrogens with one attached hydrogen (secondary N) is 1. The fraction of sp³-hybridized carbons (Fsp3) is 0.115. The van der Waals surface area contributed by atoms with Crippen molar-refractivity contribution < 1.29 is 14.3 Å². The standard InChI is InChI=1S/C26H22N6O3/c1-17-21-13-19(15-27-25(21)31(2)29-17)26(34)35-16-24(33)28-23-14-22(18-9-5-3-6-10-18)30-32(23)20-11-7-4-8-12-20/h3-15H,16H2,1-2H3,(H,28,33). The summed E-state index contributed by atoms with van der Waals surface area (Å²) in [5, 5.41) is 12.5. The first-order chi connectivity index (χ1) is 17.0. The van der Waals surface area contributed by atoms with E-state index in [1.54, 1.807) is 28.5 Å². The Morgan fingerprint density at radius 2 is 1.69 bits per heavy atom. The molecule has 0 radical (unpaired) electrons. The zero-order valence-corrected chi connectivity index (χ0v) is 19.2. The highest BCUT2D eigenvalue weighted by atomic mass is 16.5. The molecule has 5 aromatic rings. The molecule has 0 bridgehead atoms. The van der Waals surface area contributed by atoms with Gasteiger partial charge in [0, 0.05) is 30.3 Å². The number of pyridine rings is 1. The van der Waals surface area contributed by atoms with Crippen molar-refractivity contribution in [3.63, 3.8) is 0 Å². The lowest BCUT2D eigenvalue weighted by Crippen LogP contribution is -2.22.